The molecule has 0 saturated heterocycles. The second kappa shape index (κ2) is 8.06. The Morgan fingerprint density at radius 1 is 0.818 bits per heavy atom. The highest BCUT2D eigenvalue weighted by atomic mass is 16.6. The lowest BCUT2D eigenvalue weighted by Gasteiger charge is -2.24. The second-order valence-corrected chi connectivity index (χ2v) is 8.90. The Morgan fingerprint density at radius 2 is 1.55 bits per heavy atom. The first-order valence-electron chi connectivity index (χ1n) is 11.6. The Morgan fingerprint density at radius 3 is 2.36 bits per heavy atom. The van der Waals surface area contributed by atoms with Crippen LogP contribution >= 0.6 is 0 Å². The molecular weight excluding hydrogens is 418 g/mol. The van der Waals surface area contributed by atoms with Crippen molar-refractivity contribution >= 4 is 21.8 Å². The average molecular weight is 444 g/mol. The largest absolute Gasteiger partial charge is 0.486 e. The van der Waals surface area contributed by atoms with Gasteiger partial charge in [-0.2, -0.15) is 0 Å². The first-order chi connectivity index (χ1) is 16.2. The van der Waals surface area contributed by atoms with E-state index in [0.29, 0.717) is 47.3 Å². The SMILES string of the molecule is O=c1c2cc3c(=O)n(C4CCCCC4)ccc3nc2ccn1Cc1ccc2c(c1)OCCO2. The molecule has 1 aromatic carbocycles. The van der Waals surface area contributed by atoms with Gasteiger partial charge in [0.15, 0.2) is 11.5 Å². The van der Waals surface area contributed by atoms with Gasteiger partial charge in [-0.3, -0.25) is 9.59 Å². The Bertz CT molecular complexity index is 1480. The van der Waals surface area contributed by atoms with Crippen molar-refractivity contribution in [3.05, 3.63) is 75.1 Å². The van der Waals surface area contributed by atoms with Crippen LogP contribution in [0.1, 0.15) is 43.7 Å². The van der Waals surface area contributed by atoms with E-state index in [9.17, 15) is 9.59 Å². The summed E-state index contributed by atoms with van der Waals surface area (Å²) in [5.74, 6) is 1.42. The summed E-state index contributed by atoms with van der Waals surface area (Å²) in [5.41, 5.74) is 1.94. The zero-order valence-corrected chi connectivity index (χ0v) is 18.3. The summed E-state index contributed by atoms with van der Waals surface area (Å²) in [6, 6.07) is 11.4. The molecule has 0 N–H and O–H groups in total. The molecule has 1 aliphatic heterocycles. The van der Waals surface area contributed by atoms with Crippen LogP contribution in [0.25, 0.3) is 21.8 Å². The van der Waals surface area contributed by atoms with Gasteiger partial charge >= 0.3 is 0 Å². The van der Waals surface area contributed by atoms with Gasteiger partial charge in [0.2, 0.25) is 0 Å². The molecule has 0 atom stereocenters. The molecule has 7 nitrogen and oxygen atoms in total. The number of rotatable bonds is 3. The van der Waals surface area contributed by atoms with Gasteiger partial charge in [0, 0.05) is 18.4 Å². The molecule has 1 saturated carbocycles. The molecule has 1 aliphatic carbocycles. The monoisotopic (exact) mass is 443 g/mol. The smallest absolute Gasteiger partial charge is 0.260 e. The van der Waals surface area contributed by atoms with E-state index in [-0.39, 0.29) is 17.2 Å². The molecule has 0 amide bonds. The highest BCUT2D eigenvalue weighted by Gasteiger charge is 2.18. The maximum atomic E-state index is 13.3. The molecule has 168 valence electrons. The van der Waals surface area contributed by atoms with Crippen LogP contribution in [0, 0.1) is 0 Å². The van der Waals surface area contributed by atoms with E-state index < -0.39 is 0 Å². The number of pyridine rings is 3. The van der Waals surface area contributed by atoms with Gasteiger partial charge in [0.25, 0.3) is 11.1 Å². The van der Waals surface area contributed by atoms with Crippen molar-refractivity contribution < 1.29 is 9.47 Å². The molecular formula is C26H25N3O4. The molecule has 0 bridgehead atoms. The van der Waals surface area contributed by atoms with Crippen molar-refractivity contribution in [2.45, 2.75) is 44.7 Å². The lowest BCUT2D eigenvalue weighted by Crippen LogP contribution is -2.26. The van der Waals surface area contributed by atoms with Crippen molar-refractivity contribution in [3.8, 4) is 11.5 Å². The van der Waals surface area contributed by atoms with Gasteiger partial charge in [0.1, 0.15) is 13.2 Å². The minimum Gasteiger partial charge on any atom is -0.486 e. The summed E-state index contributed by atoms with van der Waals surface area (Å²) in [6.07, 6.45) is 9.19. The summed E-state index contributed by atoms with van der Waals surface area (Å²) in [4.78, 5) is 31.2. The zero-order valence-electron chi connectivity index (χ0n) is 18.3. The molecule has 3 aromatic heterocycles. The van der Waals surface area contributed by atoms with E-state index in [2.05, 4.69) is 4.98 Å². The Hall–Kier alpha value is -3.61. The molecule has 0 spiro atoms. The zero-order chi connectivity index (χ0) is 22.4. The highest BCUT2D eigenvalue weighted by molar-refractivity contribution is 5.91. The first-order valence-corrected chi connectivity index (χ1v) is 11.6. The summed E-state index contributed by atoms with van der Waals surface area (Å²) in [6.45, 7) is 1.45. The average Bonchev–Trinajstić information content (AvgIpc) is 2.86. The van der Waals surface area contributed by atoms with E-state index in [1.807, 2.05) is 41.1 Å². The van der Waals surface area contributed by atoms with Gasteiger partial charge in [-0.25, -0.2) is 4.98 Å². The fourth-order valence-electron chi connectivity index (χ4n) is 5.03. The van der Waals surface area contributed by atoms with E-state index in [1.165, 1.54) is 6.42 Å². The van der Waals surface area contributed by atoms with Gasteiger partial charge in [0.05, 0.1) is 28.4 Å². The van der Waals surface area contributed by atoms with Crippen molar-refractivity contribution in [1.82, 2.24) is 14.1 Å². The van der Waals surface area contributed by atoms with Gasteiger partial charge in [-0.05, 0) is 48.7 Å². The van der Waals surface area contributed by atoms with Crippen LogP contribution in [0.3, 0.4) is 0 Å². The van der Waals surface area contributed by atoms with Crippen LogP contribution in [0.5, 0.6) is 11.5 Å². The van der Waals surface area contributed by atoms with Crippen molar-refractivity contribution in [1.29, 1.82) is 0 Å². The van der Waals surface area contributed by atoms with Gasteiger partial charge in [-0.1, -0.05) is 25.3 Å². The van der Waals surface area contributed by atoms with Crippen LogP contribution in [0.4, 0.5) is 0 Å². The molecule has 2 aliphatic rings. The maximum absolute atomic E-state index is 13.3. The third-order valence-electron chi connectivity index (χ3n) is 6.77. The lowest BCUT2D eigenvalue weighted by atomic mass is 9.95. The van der Waals surface area contributed by atoms with Crippen LogP contribution in [0.15, 0.2) is 58.4 Å². The Labute approximate surface area is 190 Å². The highest BCUT2D eigenvalue weighted by Crippen LogP contribution is 2.31. The number of hydrogen-bond acceptors (Lipinski definition) is 5. The molecule has 0 radical (unpaired) electrons. The van der Waals surface area contributed by atoms with Crippen LogP contribution in [-0.2, 0) is 6.54 Å². The second-order valence-electron chi connectivity index (χ2n) is 8.90. The number of benzene rings is 1. The van der Waals surface area contributed by atoms with Crippen molar-refractivity contribution in [3.63, 3.8) is 0 Å². The minimum absolute atomic E-state index is 0.0598. The first kappa shape index (κ1) is 20.0. The van der Waals surface area contributed by atoms with Gasteiger partial charge in [-0.15, -0.1) is 0 Å². The van der Waals surface area contributed by atoms with Crippen molar-refractivity contribution in [2.75, 3.05) is 13.2 Å². The maximum Gasteiger partial charge on any atom is 0.260 e. The van der Waals surface area contributed by atoms with E-state index >= 15 is 0 Å². The topological polar surface area (TPSA) is 75.4 Å². The normalized spacial score (nSPS) is 16.4. The molecule has 4 aromatic rings. The minimum atomic E-state index is -0.163. The molecule has 33 heavy (non-hydrogen) atoms. The van der Waals surface area contributed by atoms with E-state index in [0.717, 1.165) is 37.0 Å². The fourth-order valence-corrected chi connectivity index (χ4v) is 5.03. The number of fused-ring (bicyclic) bond motifs is 3. The summed E-state index contributed by atoms with van der Waals surface area (Å²) >= 11 is 0. The third-order valence-corrected chi connectivity index (χ3v) is 6.77. The quantitative estimate of drug-likeness (QED) is 0.447. The van der Waals surface area contributed by atoms with Crippen molar-refractivity contribution in [2.24, 2.45) is 0 Å². The van der Waals surface area contributed by atoms with E-state index in [1.54, 1.807) is 16.8 Å². The Balaban J connectivity index is 1.41. The summed E-state index contributed by atoms with van der Waals surface area (Å²) in [5, 5.41) is 0.964. The number of ether oxygens (including phenoxy) is 2. The predicted octanol–water partition coefficient (Wildman–Crippen LogP) is 4.04. The molecule has 4 heterocycles. The third kappa shape index (κ3) is 3.57. The lowest BCUT2D eigenvalue weighted by molar-refractivity contribution is 0.171. The Kier molecular flexibility index (Phi) is 4.89. The fraction of sp³-hybridized carbons (Fsp3) is 0.346. The molecule has 7 heteroatoms. The molecule has 1 fully saturated rings. The number of hydrogen-bond donors (Lipinski definition) is 0. The van der Waals surface area contributed by atoms with E-state index in [4.69, 9.17) is 9.47 Å². The van der Waals surface area contributed by atoms with Crippen LogP contribution < -0.4 is 20.6 Å². The van der Waals surface area contributed by atoms with Crippen LogP contribution in [-0.4, -0.2) is 27.3 Å². The number of aromatic nitrogens is 3. The molecule has 0 unspecified atom stereocenters. The van der Waals surface area contributed by atoms with Crippen LogP contribution in [0.2, 0.25) is 0 Å². The predicted molar refractivity (Wildman–Crippen MR) is 126 cm³/mol. The summed E-state index contributed by atoms with van der Waals surface area (Å²) < 4.78 is 14.7. The number of nitrogens with zero attached hydrogens (tertiary/aromatic N) is 3. The summed E-state index contributed by atoms with van der Waals surface area (Å²) in [7, 11) is 0. The standard InChI is InChI=1S/C26H25N3O4/c30-25-19-15-20-22(9-11-29(26(20)31)18-4-2-1-3-5-18)27-21(19)8-10-28(25)16-17-6-7-23-24(14-17)33-13-12-32-23/h6-11,14-15,18H,1-5,12-13,16H2. The molecule has 6 rings (SSSR count). The van der Waals surface area contributed by atoms with Gasteiger partial charge < -0.3 is 18.6 Å².